The number of fused-ring (bicyclic) bond motifs is 2. The summed E-state index contributed by atoms with van der Waals surface area (Å²) in [6.07, 6.45) is 3.38. The number of benzene rings is 3. The number of hydrogen-bond donors (Lipinski definition) is 0. The van der Waals surface area contributed by atoms with E-state index in [4.69, 9.17) is 30.4 Å². The van der Waals surface area contributed by atoms with Gasteiger partial charge in [-0.2, -0.15) is 0 Å². The van der Waals surface area contributed by atoms with Crippen molar-refractivity contribution in [3.63, 3.8) is 0 Å². The molecular weight excluding hydrogens is 935 g/mol. The smallest absolute Gasteiger partial charge is 0.470 e. The molecule has 0 aliphatic carbocycles. The first-order valence-electron chi connectivity index (χ1n) is 19.2. The minimum Gasteiger partial charge on any atom is -0.470 e. The molecule has 58 heavy (non-hydrogen) atoms. The van der Waals surface area contributed by atoms with Crippen molar-refractivity contribution in [3.8, 4) is 20.9 Å². The van der Waals surface area contributed by atoms with Gasteiger partial charge in [0.2, 0.25) is 0 Å². The van der Waals surface area contributed by atoms with Gasteiger partial charge in [-0.3, -0.25) is 0 Å². The van der Waals surface area contributed by atoms with Gasteiger partial charge in [-0.1, -0.05) is 66.7 Å². The molecule has 0 amide bonds. The molecule has 0 bridgehead atoms. The van der Waals surface area contributed by atoms with Crippen LogP contribution in [0, 0.1) is 41.5 Å². The molecule has 0 N–H and O–H groups in total. The van der Waals surface area contributed by atoms with Crippen molar-refractivity contribution >= 4 is 73.9 Å². The van der Waals surface area contributed by atoms with E-state index in [0.717, 1.165) is 60.3 Å². The molecule has 4 aromatic heterocycles. The van der Waals surface area contributed by atoms with E-state index in [2.05, 4.69) is 145 Å². The van der Waals surface area contributed by atoms with Crippen LogP contribution in [-0.2, 0) is 21.1 Å². The van der Waals surface area contributed by atoms with Crippen LogP contribution in [0.15, 0.2) is 102 Å². The Morgan fingerprint density at radius 3 is 1.33 bits per heavy atom. The summed E-state index contributed by atoms with van der Waals surface area (Å²) >= 11 is 3.53. The number of thiophene rings is 2. The number of para-hydroxylation sites is 1. The summed E-state index contributed by atoms with van der Waals surface area (Å²) in [6, 6.07) is 23.4. The SMILES string of the molecule is CC1=C(N(C2=C(C)N(C)B(c3ncnc4c(C)c(-c5c(C)cccc5C)sc34)[N-]2)c2ccccc2)[N-]B(c2ncnc3c(C)c(-c4c(C)cccc4C)sc23)N1C.[Pt+2]. The maximum Gasteiger partial charge on any atom is 2.00 e. The maximum atomic E-state index is 5.52. The van der Waals surface area contributed by atoms with Gasteiger partial charge in [-0.15, -0.1) is 22.7 Å². The average Bonchev–Trinajstić information content (AvgIpc) is 3.90. The van der Waals surface area contributed by atoms with Gasteiger partial charge in [0.25, 0.3) is 0 Å². The number of hydrogen-bond acceptors (Lipinski definition) is 9. The third-order valence-electron chi connectivity index (χ3n) is 11.7. The van der Waals surface area contributed by atoms with E-state index in [0.29, 0.717) is 0 Å². The van der Waals surface area contributed by atoms with Crippen LogP contribution in [0.4, 0.5) is 5.69 Å². The zero-order chi connectivity index (χ0) is 39.9. The van der Waals surface area contributed by atoms with Gasteiger partial charge in [0, 0.05) is 9.75 Å². The molecule has 2 aliphatic rings. The van der Waals surface area contributed by atoms with Crippen LogP contribution in [0.2, 0.25) is 0 Å². The minimum absolute atomic E-state index is 0. The Labute approximate surface area is 363 Å². The summed E-state index contributed by atoms with van der Waals surface area (Å²) in [5.74, 6) is 1.65. The second-order valence-corrected chi connectivity index (χ2v) is 17.3. The molecular formula is C44H43B2N9PtS2. The van der Waals surface area contributed by atoms with Crippen LogP contribution in [0.5, 0.6) is 0 Å². The monoisotopic (exact) mass is 978 g/mol. The number of aryl methyl sites for hydroxylation is 6. The largest absolute Gasteiger partial charge is 2.00 e. The average molecular weight is 979 g/mol. The van der Waals surface area contributed by atoms with Gasteiger partial charge in [-0.05, 0) is 143 Å². The van der Waals surface area contributed by atoms with Crippen molar-refractivity contribution < 1.29 is 21.1 Å². The summed E-state index contributed by atoms with van der Waals surface area (Å²) in [6.45, 7) is 16.7. The van der Waals surface area contributed by atoms with Gasteiger partial charge < -0.3 is 25.0 Å². The van der Waals surface area contributed by atoms with E-state index < -0.39 is 0 Å². The zero-order valence-corrected chi connectivity index (χ0v) is 38.2. The molecule has 9 nitrogen and oxygen atoms in total. The normalized spacial score (nSPS) is 14.2. The molecule has 0 saturated carbocycles. The Balaban J connectivity index is 0.00000469. The Kier molecular flexibility index (Phi) is 10.5. The molecule has 7 aromatic rings. The van der Waals surface area contributed by atoms with Crippen LogP contribution in [0.1, 0.15) is 47.2 Å². The van der Waals surface area contributed by atoms with E-state index in [9.17, 15) is 0 Å². The zero-order valence-electron chi connectivity index (χ0n) is 34.3. The molecule has 0 saturated heterocycles. The molecule has 9 rings (SSSR count). The number of rotatable bonds is 7. The van der Waals surface area contributed by atoms with Crippen LogP contribution < -0.4 is 16.1 Å². The van der Waals surface area contributed by atoms with Crippen LogP contribution in [0.3, 0.4) is 0 Å². The first-order valence-corrected chi connectivity index (χ1v) is 20.8. The van der Waals surface area contributed by atoms with Crippen LogP contribution >= 0.6 is 22.7 Å². The molecule has 292 valence electrons. The predicted octanol–water partition coefficient (Wildman–Crippen LogP) is 9.49. The Morgan fingerprint density at radius 1 is 0.534 bits per heavy atom. The summed E-state index contributed by atoms with van der Waals surface area (Å²) in [4.78, 5) is 28.6. The second kappa shape index (κ2) is 15.3. The summed E-state index contributed by atoms with van der Waals surface area (Å²) in [5.41, 5.74) is 16.7. The maximum absolute atomic E-state index is 5.52. The topological polar surface area (TPSA) is 89.5 Å². The number of nitrogens with zero attached hydrogens (tertiary/aromatic N) is 9. The number of allylic oxidation sites excluding steroid dienone is 2. The molecule has 0 fully saturated rings. The molecule has 0 atom stereocenters. The van der Waals surface area contributed by atoms with E-state index in [1.807, 2.05) is 6.07 Å². The van der Waals surface area contributed by atoms with Gasteiger partial charge in [-0.25, -0.2) is 19.9 Å². The number of anilines is 1. The van der Waals surface area contributed by atoms with Crippen molar-refractivity contribution in [3.05, 3.63) is 146 Å². The third kappa shape index (κ3) is 6.25. The van der Waals surface area contributed by atoms with E-state index in [1.165, 1.54) is 54.3 Å². The second-order valence-electron chi connectivity index (χ2n) is 15.2. The van der Waals surface area contributed by atoms with Crippen molar-refractivity contribution in [1.82, 2.24) is 29.6 Å². The fourth-order valence-corrected chi connectivity index (χ4v) is 11.3. The van der Waals surface area contributed by atoms with Crippen LogP contribution in [0.25, 0.3) is 51.8 Å². The van der Waals surface area contributed by atoms with E-state index >= 15 is 0 Å². The van der Waals surface area contributed by atoms with Gasteiger partial charge >= 0.3 is 35.0 Å². The van der Waals surface area contributed by atoms with Crippen molar-refractivity contribution in [2.45, 2.75) is 55.4 Å². The van der Waals surface area contributed by atoms with Gasteiger partial charge in [0.15, 0.2) is 0 Å². The molecule has 0 unspecified atom stereocenters. The molecule has 3 aromatic carbocycles. The van der Waals surface area contributed by atoms with Crippen molar-refractivity contribution in [1.29, 1.82) is 0 Å². The Bertz CT molecular complexity index is 2610. The quantitative estimate of drug-likeness (QED) is 0.147. The first kappa shape index (κ1) is 39.8. The van der Waals surface area contributed by atoms with Crippen molar-refractivity contribution in [2.75, 3.05) is 19.0 Å². The molecule has 0 radical (unpaired) electrons. The fourth-order valence-electron chi connectivity index (χ4n) is 8.40. The van der Waals surface area contributed by atoms with E-state index in [1.54, 1.807) is 35.3 Å². The summed E-state index contributed by atoms with van der Waals surface area (Å²) in [5, 5.41) is 11.0. The Hall–Kier alpha value is -4.96. The van der Waals surface area contributed by atoms with Crippen LogP contribution in [-0.4, -0.2) is 57.6 Å². The molecule has 6 heterocycles. The van der Waals surface area contributed by atoms with Crippen molar-refractivity contribution in [2.24, 2.45) is 0 Å². The fraction of sp³-hybridized carbons (Fsp3) is 0.227. The van der Waals surface area contributed by atoms with E-state index in [-0.39, 0.29) is 35.0 Å². The number of aromatic nitrogens is 4. The van der Waals surface area contributed by atoms with Gasteiger partial charge in [0.1, 0.15) is 12.7 Å². The first-order chi connectivity index (χ1) is 27.5. The molecule has 2 aliphatic heterocycles. The standard InChI is InChI=1S/C44H43B2N9S2.Pt/c1-24-16-14-17-25(2)33(24)37-28(5)35-39(56-37)41(49-22-47-35)45-51-43(30(7)53(45)9)55(32-20-12-11-13-21-32)44-31(8)54(10)46(52-44)42-40-36(48-23-50-42)29(6)38(57-40)34-26(3)18-15-19-27(34)4;/h11-23H,1-10H3;/q-2;+2. The predicted molar refractivity (Wildman–Crippen MR) is 241 cm³/mol. The third-order valence-corrected chi connectivity index (χ3v) is 14.4. The summed E-state index contributed by atoms with van der Waals surface area (Å²) in [7, 11) is 4.21. The molecule has 0 spiro atoms. The molecule has 14 heteroatoms. The summed E-state index contributed by atoms with van der Waals surface area (Å²) < 4.78 is 2.13. The minimum atomic E-state index is -0.352. The van der Waals surface area contributed by atoms with Gasteiger partial charge in [0.05, 0.1) is 31.6 Å². The Morgan fingerprint density at radius 2 is 0.931 bits per heavy atom.